The largest absolute Gasteiger partial charge is 0.281 e. The summed E-state index contributed by atoms with van der Waals surface area (Å²) < 4.78 is 0. The van der Waals surface area contributed by atoms with Crippen LogP contribution in [-0.2, 0) is 4.79 Å². The molecular formula is C19H16ClN3O2S2. The minimum atomic E-state index is -0.378. The summed E-state index contributed by atoms with van der Waals surface area (Å²) in [5.41, 5.74) is 6.46. The van der Waals surface area contributed by atoms with Crippen molar-refractivity contribution in [3.05, 3.63) is 70.2 Å². The maximum absolute atomic E-state index is 12.3. The van der Waals surface area contributed by atoms with Crippen LogP contribution in [0.1, 0.15) is 15.4 Å². The highest BCUT2D eigenvalue weighted by atomic mass is 35.5. The van der Waals surface area contributed by atoms with Crippen LogP contribution in [0.3, 0.4) is 0 Å². The number of nitrogens with one attached hydrogen (secondary N) is 2. The summed E-state index contributed by atoms with van der Waals surface area (Å²) >= 11 is 8.48. The molecule has 0 fully saturated rings. The van der Waals surface area contributed by atoms with Crippen LogP contribution in [0, 0.1) is 6.92 Å². The maximum Gasteiger partial charge on any atom is 0.281 e. The maximum atomic E-state index is 12.3. The molecule has 0 atom stereocenters. The number of carbonyl (C=O) groups excluding carboxylic acids is 2. The number of halogens is 1. The summed E-state index contributed by atoms with van der Waals surface area (Å²) in [7, 11) is 0. The van der Waals surface area contributed by atoms with Gasteiger partial charge in [0, 0.05) is 15.5 Å². The molecule has 2 aromatic carbocycles. The van der Waals surface area contributed by atoms with Gasteiger partial charge in [-0.1, -0.05) is 41.9 Å². The Kier molecular flexibility index (Phi) is 6.49. The van der Waals surface area contributed by atoms with Gasteiger partial charge in [0.1, 0.15) is 9.88 Å². The molecule has 2 amide bonds. The third-order valence-electron chi connectivity index (χ3n) is 3.52. The molecule has 1 heterocycles. The molecule has 27 heavy (non-hydrogen) atoms. The number of aryl methyl sites for hydroxylation is 1. The van der Waals surface area contributed by atoms with E-state index in [0.29, 0.717) is 15.6 Å². The number of benzene rings is 2. The Bertz CT molecular complexity index is 943. The number of nitrogens with zero attached hydrogens (tertiary/aromatic N) is 1. The molecule has 2 N–H and O–H groups in total. The van der Waals surface area contributed by atoms with E-state index in [1.165, 1.54) is 23.1 Å². The van der Waals surface area contributed by atoms with Gasteiger partial charge in [0.2, 0.25) is 5.91 Å². The summed E-state index contributed by atoms with van der Waals surface area (Å²) in [6.07, 6.45) is 0. The van der Waals surface area contributed by atoms with Crippen LogP contribution in [0.25, 0.3) is 10.6 Å². The summed E-state index contributed by atoms with van der Waals surface area (Å²) in [5.74, 6) is -0.496. The van der Waals surface area contributed by atoms with Crippen LogP contribution in [0.2, 0.25) is 5.02 Å². The number of thiazole rings is 1. The molecule has 5 nitrogen and oxygen atoms in total. The standard InChI is InChI=1S/C19H16ClN3O2S2/c1-12-17(27-19(21-12)13-5-3-2-4-6-13)18(25)23-22-16(24)11-26-15-9-7-14(20)8-10-15/h2-10H,11H2,1H3,(H,22,24)(H,23,25). The summed E-state index contributed by atoms with van der Waals surface area (Å²) in [6, 6.07) is 16.9. The van der Waals surface area contributed by atoms with Gasteiger partial charge in [-0.2, -0.15) is 0 Å². The molecule has 0 aliphatic heterocycles. The zero-order chi connectivity index (χ0) is 19.2. The number of thioether (sulfide) groups is 1. The molecule has 0 aliphatic rings. The highest BCUT2D eigenvalue weighted by Crippen LogP contribution is 2.27. The Morgan fingerprint density at radius 3 is 2.48 bits per heavy atom. The predicted molar refractivity (Wildman–Crippen MR) is 110 cm³/mol. The Labute approximate surface area is 170 Å². The van der Waals surface area contributed by atoms with E-state index < -0.39 is 0 Å². The van der Waals surface area contributed by atoms with Crippen molar-refractivity contribution >= 4 is 46.5 Å². The summed E-state index contributed by atoms with van der Waals surface area (Å²) in [4.78, 5) is 30.1. The van der Waals surface area contributed by atoms with E-state index in [4.69, 9.17) is 11.6 Å². The van der Waals surface area contributed by atoms with Crippen molar-refractivity contribution in [2.75, 3.05) is 5.75 Å². The number of hydrogen-bond donors (Lipinski definition) is 2. The summed E-state index contributed by atoms with van der Waals surface area (Å²) in [5, 5.41) is 1.41. The average Bonchev–Trinajstić information content (AvgIpc) is 3.08. The van der Waals surface area contributed by atoms with Crippen molar-refractivity contribution in [3.8, 4) is 10.6 Å². The first-order valence-corrected chi connectivity index (χ1v) is 10.2. The lowest BCUT2D eigenvalue weighted by molar-refractivity contribution is -0.119. The second-order valence-electron chi connectivity index (χ2n) is 5.54. The molecule has 3 aromatic rings. The molecule has 0 bridgehead atoms. The van der Waals surface area contributed by atoms with Crippen LogP contribution in [-0.4, -0.2) is 22.6 Å². The molecule has 3 rings (SSSR count). The fraction of sp³-hybridized carbons (Fsp3) is 0.105. The lowest BCUT2D eigenvalue weighted by Crippen LogP contribution is -2.42. The topological polar surface area (TPSA) is 71.1 Å². The second kappa shape index (κ2) is 9.03. The van der Waals surface area contributed by atoms with Crippen LogP contribution in [0.15, 0.2) is 59.5 Å². The van der Waals surface area contributed by atoms with Gasteiger partial charge < -0.3 is 0 Å². The smallest absolute Gasteiger partial charge is 0.272 e. The van der Waals surface area contributed by atoms with Crippen molar-refractivity contribution in [2.24, 2.45) is 0 Å². The zero-order valence-corrected chi connectivity index (χ0v) is 16.8. The van der Waals surface area contributed by atoms with Gasteiger partial charge >= 0.3 is 0 Å². The number of aromatic nitrogens is 1. The lowest BCUT2D eigenvalue weighted by Gasteiger charge is -2.06. The first-order chi connectivity index (χ1) is 13.0. The van der Waals surface area contributed by atoms with Gasteiger partial charge in [0.05, 0.1) is 11.4 Å². The van der Waals surface area contributed by atoms with Crippen LogP contribution >= 0.6 is 34.7 Å². The number of rotatable bonds is 5. The Balaban J connectivity index is 1.54. The SMILES string of the molecule is Cc1nc(-c2ccccc2)sc1C(=O)NNC(=O)CSc1ccc(Cl)cc1. The molecule has 0 saturated heterocycles. The van der Waals surface area contributed by atoms with Crippen molar-refractivity contribution in [3.63, 3.8) is 0 Å². The van der Waals surface area contributed by atoms with Gasteiger partial charge in [-0.25, -0.2) is 4.98 Å². The third kappa shape index (κ3) is 5.32. The molecule has 0 unspecified atom stereocenters. The fourth-order valence-electron chi connectivity index (χ4n) is 2.21. The van der Waals surface area contributed by atoms with Gasteiger partial charge in [-0.15, -0.1) is 23.1 Å². The van der Waals surface area contributed by atoms with E-state index in [2.05, 4.69) is 15.8 Å². The monoisotopic (exact) mass is 417 g/mol. The molecule has 0 aliphatic carbocycles. The van der Waals surface area contributed by atoms with E-state index in [1.807, 2.05) is 42.5 Å². The van der Waals surface area contributed by atoms with Gasteiger partial charge in [0.25, 0.3) is 5.91 Å². The molecule has 8 heteroatoms. The van der Waals surface area contributed by atoms with Crippen molar-refractivity contribution < 1.29 is 9.59 Å². The number of carbonyl (C=O) groups is 2. The molecule has 0 spiro atoms. The van der Waals surface area contributed by atoms with Crippen molar-refractivity contribution in [1.29, 1.82) is 0 Å². The summed E-state index contributed by atoms with van der Waals surface area (Å²) in [6.45, 7) is 1.77. The molecule has 1 aromatic heterocycles. The number of amides is 2. The van der Waals surface area contributed by atoms with Crippen LogP contribution < -0.4 is 10.9 Å². The molecular weight excluding hydrogens is 402 g/mol. The van der Waals surface area contributed by atoms with Crippen LogP contribution in [0.4, 0.5) is 0 Å². The highest BCUT2D eigenvalue weighted by molar-refractivity contribution is 8.00. The lowest BCUT2D eigenvalue weighted by atomic mass is 10.2. The van der Waals surface area contributed by atoms with E-state index in [0.717, 1.165) is 15.5 Å². The molecule has 0 saturated carbocycles. The van der Waals surface area contributed by atoms with E-state index in [1.54, 1.807) is 19.1 Å². The normalized spacial score (nSPS) is 10.4. The second-order valence-corrected chi connectivity index (χ2v) is 8.03. The predicted octanol–water partition coefficient (Wildman–Crippen LogP) is 4.33. The van der Waals surface area contributed by atoms with Crippen LogP contribution in [0.5, 0.6) is 0 Å². The van der Waals surface area contributed by atoms with Gasteiger partial charge in [0.15, 0.2) is 0 Å². The minimum absolute atomic E-state index is 0.179. The number of hydrogen-bond acceptors (Lipinski definition) is 5. The van der Waals surface area contributed by atoms with Crippen molar-refractivity contribution in [1.82, 2.24) is 15.8 Å². The zero-order valence-electron chi connectivity index (χ0n) is 14.4. The van der Waals surface area contributed by atoms with E-state index in [-0.39, 0.29) is 17.6 Å². The van der Waals surface area contributed by atoms with Gasteiger partial charge in [-0.05, 0) is 31.2 Å². The third-order valence-corrected chi connectivity index (χ3v) is 5.99. The number of hydrazine groups is 1. The Hall–Kier alpha value is -2.35. The molecule has 138 valence electrons. The Morgan fingerprint density at radius 1 is 1.07 bits per heavy atom. The van der Waals surface area contributed by atoms with E-state index >= 15 is 0 Å². The fourth-order valence-corrected chi connectivity index (χ4v) is 4.00. The first-order valence-electron chi connectivity index (χ1n) is 8.03. The molecule has 0 radical (unpaired) electrons. The quantitative estimate of drug-likeness (QED) is 0.479. The Morgan fingerprint density at radius 2 is 1.78 bits per heavy atom. The first kappa shape index (κ1) is 19.4. The average molecular weight is 418 g/mol. The van der Waals surface area contributed by atoms with Crippen molar-refractivity contribution in [2.45, 2.75) is 11.8 Å². The highest BCUT2D eigenvalue weighted by Gasteiger charge is 2.16. The minimum Gasteiger partial charge on any atom is -0.272 e. The van der Waals surface area contributed by atoms with Gasteiger partial charge in [-0.3, -0.25) is 20.4 Å². The van der Waals surface area contributed by atoms with E-state index in [9.17, 15) is 9.59 Å².